The van der Waals surface area contributed by atoms with E-state index in [9.17, 15) is 5.11 Å². The summed E-state index contributed by atoms with van der Waals surface area (Å²) in [6.07, 6.45) is 0.514. The summed E-state index contributed by atoms with van der Waals surface area (Å²) < 4.78 is 6.07. The third-order valence-electron chi connectivity index (χ3n) is 2.63. The minimum atomic E-state index is -0.940. The lowest BCUT2D eigenvalue weighted by Crippen LogP contribution is -2.04. The molecule has 1 N–H and O–H groups in total. The fourth-order valence-electron chi connectivity index (χ4n) is 1.71. The van der Waals surface area contributed by atoms with Crippen LogP contribution < -0.4 is 4.74 Å². The molecule has 0 amide bonds. The van der Waals surface area contributed by atoms with Crippen LogP contribution in [0.3, 0.4) is 0 Å². The van der Waals surface area contributed by atoms with Crippen molar-refractivity contribution in [2.24, 2.45) is 0 Å². The first-order valence-corrected chi connectivity index (χ1v) is 6.90. The molecule has 6 heteroatoms. The van der Waals surface area contributed by atoms with E-state index < -0.39 is 6.10 Å². The van der Waals surface area contributed by atoms with E-state index in [0.29, 0.717) is 21.9 Å². The van der Waals surface area contributed by atoms with Gasteiger partial charge in [0.15, 0.2) is 0 Å². The van der Waals surface area contributed by atoms with Crippen LogP contribution in [0.5, 0.6) is 5.75 Å². The Bertz CT molecular complexity index is 607. The molecule has 1 heterocycles. The molecule has 2 rings (SSSR count). The Kier molecular flexibility index (Phi) is 4.68. The number of methoxy groups -OCH3 is 1. The SMILES string of the molecule is COc1ccc(Br)cc1C(O)c1cnc(Cl)cc1Cl. The Morgan fingerprint density at radius 1 is 1.26 bits per heavy atom. The number of hydrogen-bond donors (Lipinski definition) is 1. The molecule has 0 bridgehead atoms. The van der Waals surface area contributed by atoms with E-state index >= 15 is 0 Å². The highest BCUT2D eigenvalue weighted by atomic mass is 79.9. The maximum Gasteiger partial charge on any atom is 0.130 e. The number of rotatable bonds is 3. The fraction of sp³-hybridized carbons (Fsp3) is 0.154. The van der Waals surface area contributed by atoms with E-state index in [1.807, 2.05) is 6.07 Å². The Balaban J connectivity index is 2.49. The Morgan fingerprint density at radius 3 is 2.63 bits per heavy atom. The molecule has 0 saturated heterocycles. The molecule has 100 valence electrons. The van der Waals surface area contributed by atoms with Crippen molar-refractivity contribution in [2.45, 2.75) is 6.10 Å². The molecule has 3 nitrogen and oxygen atoms in total. The predicted molar refractivity (Wildman–Crippen MR) is 79.0 cm³/mol. The lowest BCUT2D eigenvalue weighted by atomic mass is 10.0. The van der Waals surface area contributed by atoms with Gasteiger partial charge >= 0.3 is 0 Å². The second-order valence-corrected chi connectivity index (χ2v) is 5.53. The summed E-state index contributed by atoms with van der Waals surface area (Å²) >= 11 is 15.2. The van der Waals surface area contributed by atoms with Crippen molar-refractivity contribution in [1.29, 1.82) is 0 Å². The van der Waals surface area contributed by atoms with Crippen LogP contribution in [0.4, 0.5) is 0 Å². The highest BCUT2D eigenvalue weighted by Gasteiger charge is 2.19. The van der Waals surface area contributed by atoms with E-state index in [1.54, 1.807) is 19.2 Å². The van der Waals surface area contributed by atoms with E-state index in [4.69, 9.17) is 27.9 Å². The van der Waals surface area contributed by atoms with Crippen LogP contribution in [0.25, 0.3) is 0 Å². The van der Waals surface area contributed by atoms with Gasteiger partial charge in [0, 0.05) is 21.8 Å². The van der Waals surface area contributed by atoms with Gasteiger partial charge in [-0.1, -0.05) is 39.1 Å². The molecule has 0 spiro atoms. The minimum absolute atomic E-state index is 0.280. The van der Waals surface area contributed by atoms with Crippen molar-refractivity contribution in [3.63, 3.8) is 0 Å². The number of aliphatic hydroxyl groups excluding tert-OH is 1. The second kappa shape index (κ2) is 6.09. The van der Waals surface area contributed by atoms with Crippen molar-refractivity contribution in [2.75, 3.05) is 7.11 Å². The number of benzene rings is 1. The lowest BCUT2D eigenvalue weighted by Gasteiger charge is -2.16. The number of aromatic nitrogens is 1. The molecule has 0 aliphatic rings. The summed E-state index contributed by atoms with van der Waals surface area (Å²) in [7, 11) is 1.54. The van der Waals surface area contributed by atoms with Crippen molar-refractivity contribution in [3.05, 3.63) is 56.2 Å². The van der Waals surface area contributed by atoms with Crippen LogP contribution in [-0.2, 0) is 0 Å². The van der Waals surface area contributed by atoms with Gasteiger partial charge in [-0.05, 0) is 24.3 Å². The van der Waals surface area contributed by atoms with Crippen LogP contribution in [0.15, 0.2) is 34.9 Å². The van der Waals surface area contributed by atoms with Crippen molar-refractivity contribution < 1.29 is 9.84 Å². The number of halogens is 3. The van der Waals surface area contributed by atoms with Gasteiger partial charge < -0.3 is 9.84 Å². The average molecular weight is 363 g/mol. The molecule has 19 heavy (non-hydrogen) atoms. The van der Waals surface area contributed by atoms with E-state index in [-0.39, 0.29) is 5.15 Å². The predicted octanol–water partition coefficient (Wildman–Crippen LogP) is 4.24. The third kappa shape index (κ3) is 3.20. The second-order valence-electron chi connectivity index (χ2n) is 3.82. The van der Waals surface area contributed by atoms with Crippen LogP contribution in [-0.4, -0.2) is 17.2 Å². The van der Waals surface area contributed by atoms with Crippen LogP contribution in [0.1, 0.15) is 17.2 Å². The Morgan fingerprint density at radius 2 is 2.00 bits per heavy atom. The molecule has 1 aromatic carbocycles. The fourth-order valence-corrected chi connectivity index (χ4v) is 2.55. The van der Waals surface area contributed by atoms with Gasteiger partial charge in [0.05, 0.1) is 12.1 Å². The molecule has 0 saturated carbocycles. The Labute approximate surface area is 129 Å². The maximum atomic E-state index is 10.4. The van der Waals surface area contributed by atoms with Crippen LogP contribution >= 0.6 is 39.1 Å². The minimum Gasteiger partial charge on any atom is -0.496 e. The quantitative estimate of drug-likeness (QED) is 0.830. The van der Waals surface area contributed by atoms with E-state index in [2.05, 4.69) is 20.9 Å². The number of ether oxygens (including phenoxy) is 1. The van der Waals surface area contributed by atoms with Crippen LogP contribution in [0.2, 0.25) is 10.2 Å². The van der Waals surface area contributed by atoms with Crippen LogP contribution in [0, 0.1) is 0 Å². The zero-order valence-corrected chi connectivity index (χ0v) is 13.0. The standard InChI is InChI=1S/C13H10BrCl2NO2/c1-19-11-3-2-7(14)4-8(11)13(18)9-6-17-12(16)5-10(9)15/h2-6,13,18H,1H3. The summed E-state index contributed by atoms with van der Waals surface area (Å²) in [5.74, 6) is 0.571. The summed E-state index contributed by atoms with van der Waals surface area (Å²) in [5, 5.41) is 11.1. The highest BCUT2D eigenvalue weighted by Crippen LogP contribution is 2.35. The number of pyridine rings is 1. The van der Waals surface area contributed by atoms with Gasteiger partial charge in [-0.2, -0.15) is 0 Å². The molecule has 1 aromatic heterocycles. The summed E-state index contributed by atoms with van der Waals surface area (Å²) in [5.41, 5.74) is 1.07. The first kappa shape index (κ1) is 14.6. The van der Waals surface area contributed by atoms with Crippen molar-refractivity contribution in [3.8, 4) is 5.75 Å². The molecule has 0 aliphatic carbocycles. The summed E-state index contributed by atoms with van der Waals surface area (Å²) in [6.45, 7) is 0. The molecule has 0 radical (unpaired) electrons. The maximum absolute atomic E-state index is 10.4. The van der Waals surface area contributed by atoms with E-state index in [0.717, 1.165) is 4.47 Å². The smallest absolute Gasteiger partial charge is 0.130 e. The van der Waals surface area contributed by atoms with Gasteiger partial charge in [0.25, 0.3) is 0 Å². The van der Waals surface area contributed by atoms with Gasteiger partial charge in [-0.25, -0.2) is 4.98 Å². The number of aliphatic hydroxyl groups is 1. The third-order valence-corrected chi connectivity index (χ3v) is 3.66. The Hall–Kier alpha value is -0.810. The number of hydrogen-bond acceptors (Lipinski definition) is 3. The normalized spacial score (nSPS) is 12.3. The van der Waals surface area contributed by atoms with Gasteiger partial charge in [-0.15, -0.1) is 0 Å². The summed E-state index contributed by atoms with van der Waals surface area (Å²) in [6, 6.07) is 6.86. The molecular weight excluding hydrogens is 353 g/mol. The van der Waals surface area contributed by atoms with Gasteiger partial charge in [-0.3, -0.25) is 0 Å². The van der Waals surface area contributed by atoms with Crippen molar-refractivity contribution >= 4 is 39.1 Å². The number of nitrogens with zero attached hydrogens (tertiary/aromatic N) is 1. The summed E-state index contributed by atoms with van der Waals surface area (Å²) in [4.78, 5) is 3.93. The van der Waals surface area contributed by atoms with Crippen molar-refractivity contribution in [1.82, 2.24) is 4.98 Å². The first-order valence-electron chi connectivity index (χ1n) is 5.35. The monoisotopic (exact) mass is 361 g/mol. The lowest BCUT2D eigenvalue weighted by molar-refractivity contribution is 0.214. The van der Waals surface area contributed by atoms with E-state index in [1.165, 1.54) is 12.3 Å². The molecule has 0 aliphatic heterocycles. The van der Waals surface area contributed by atoms with Gasteiger partial charge in [0.2, 0.25) is 0 Å². The average Bonchev–Trinajstić information content (AvgIpc) is 2.38. The highest BCUT2D eigenvalue weighted by molar-refractivity contribution is 9.10. The van der Waals surface area contributed by atoms with Gasteiger partial charge in [0.1, 0.15) is 17.0 Å². The molecule has 1 unspecified atom stereocenters. The zero-order valence-electron chi connectivity index (χ0n) is 9.90. The first-order chi connectivity index (χ1) is 9.02. The topological polar surface area (TPSA) is 42.4 Å². The molecule has 1 atom stereocenters. The molecule has 2 aromatic rings. The molecule has 0 fully saturated rings. The molecular formula is C13H10BrCl2NO2. The largest absolute Gasteiger partial charge is 0.496 e. The zero-order chi connectivity index (χ0) is 14.0.